The molecule has 1 heterocycles. The van der Waals surface area contributed by atoms with Gasteiger partial charge < -0.3 is 0 Å². The Labute approximate surface area is 115 Å². The molecule has 4 rings (SSSR count). The summed E-state index contributed by atoms with van der Waals surface area (Å²) in [6, 6.07) is 13.1. The zero-order valence-electron chi connectivity index (χ0n) is 10.6. The Morgan fingerprint density at radius 1 is 1.00 bits per heavy atom. The van der Waals surface area contributed by atoms with Gasteiger partial charge in [0.1, 0.15) is 0 Å². The Bertz CT molecular complexity index is 852. The van der Waals surface area contributed by atoms with Crippen molar-refractivity contribution >= 4 is 43.4 Å². The van der Waals surface area contributed by atoms with Gasteiger partial charge in [-0.05, 0) is 23.3 Å². The monoisotopic (exact) mass is 265 g/mol. The molecular formula is C17H13OS+. The Kier molecular flexibility index (Phi) is 2.32. The molecule has 0 N–H and O–H groups in total. The molecule has 0 bridgehead atoms. The lowest BCUT2D eigenvalue weighted by molar-refractivity contribution is -0.420. The Balaban J connectivity index is 2.09. The number of fused-ring (bicyclic) bond motifs is 5. The largest absolute Gasteiger partial charge is 0.323 e. The van der Waals surface area contributed by atoms with Crippen LogP contribution in [0.4, 0.5) is 0 Å². The van der Waals surface area contributed by atoms with Gasteiger partial charge in [0, 0.05) is 26.2 Å². The number of rotatable bonds is 0. The molecule has 19 heavy (non-hydrogen) atoms. The Hall–Kier alpha value is -1.93. The van der Waals surface area contributed by atoms with Crippen molar-refractivity contribution in [2.24, 2.45) is 0 Å². The molecule has 0 radical (unpaired) electrons. The van der Waals surface area contributed by atoms with Crippen LogP contribution in [0.5, 0.6) is 0 Å². The van der Waals surface area contributed by atoms with Crippen LogP contribution in [0, 0.1) is 0 Å². The first kappa shape index (κ1) is 10.9. The fraction of sp³-hybridized carbons (Fsp3) is 0.118. The van der Waals surface area contributed by atoms with Gasteiger partial charge in [-0.2, -0.15) is 0 Å². The molecule has 1 nitrogen and oxygen atoms in total. The summed E-state index contributed by atoms with van der Waals surface area (Å²) < 4.78 is 8.11. The first-order valence-electron chi connectivity index (χ1n) is 6.38. The van der Waals surface area contributed by atoms with Crippen LogP contribution in [0.2, 0.25) is 0 Å². The van der Waals surface area contributed by atoms with Crippen LogP contribution in [0.25, 0.3) is 26.2 Å². The molecule has 0 saturated carbocycles. The maximum atomic E-state index is 5.35. The molecule has 2 aromatic carbocycles. The maximum absolute atomic E-state index is 5.35. The van der Waals surface area contributed by atoms with Crippen molar-refractivity contribution in [3.63, 3.8) is 0 Å². The molecule has 1 aliphatic carbocycles. The van der Waals surface area contributed by atoms with Gasteiger partial charge in [0.15, 0.2) is 0 Å². The molecule has 0 amide bonds. The average molecular weight is 265 g/mol. The Morgan fingerprint density at radius 2 is 1.89 bits per heavy atom. The highest BCUT2D eigenvalue weighted by Crippen LogP contribution is 2.38. The summed E-state index contributed by atoms with van der Waals surface area (Å²) in [5, 5.41) is 2.73. The summed E-state index contributed by atoms with van der Waals surface area (Å²) in [5.74, 6) is 1.04. The number of benzene rings is 2. The van der Waals surface area contributed by atoms with Crippen molar-refractivity contribution in [2.45, 2.75) is 6.42 Å². The lowest BCUT2D eigenvalue weighted by atomic mass is 9.95. The Morgan fingerprint density at radius 3 is 2.79 bits per heavy atom. The second kappa shape index (κ2) is 4.04. The van der Waals surface area contributed by atoms with E-state index in [-0.39, 0.29) is 0 Å². The highest BCUT2D eigenvalue weighted by molar-refractivity contribution is 7.26. The SMILES string of the molecule is C[O+]=C1C=Cc2c(ccc3c2sc2ccccc23)C1. The van der Waals surface area contributed by atoms with Gasteiger partial charge in [-0.25, -0.2) is 0 Å². The van der Waals surface area contributed by atoms with E-state index in [4.69, 9.17) is 4.42 Å². The molecule has 3 aromatic rings. The number of hydrogen-bond donors (Lipinski definition) is 0. The van der Waals surface area contributed by atoms with Crippen LogP contribution >= 0.6 is 11.3 Å². The lowest BCUT2D eigenvalue weighted by Crippen LogP contribution is -2.07. The van der Waals surface area contributed by atoms with E-state index in [1.165, 1.54) is 31.3 Å². The summed E-state index contributed by atoms with van der Waals surface area (Å²) in [6.45, 7) is 0. The first-order valence-corrected chi connectivity index (χ1v) is 7.19. The molecule has 2 heteroatoms. The molecule has 0 atom stereocenters. The lowest BCUT2D eigenvalue weighted by Gasteiger charge is -2.08. The second-order valence-electron chi connectivity index (χ2n) is 4.79. The van der Waals surface area contributed by atoms with Crippen molar-refractivity contribution in [2.75, 3.05) is 7.11 Å². The smallest absolute Gasteiger partial charge is 0.262 e. The van der Waals surface area contributed by atoms with E-state index in [9.17, 15) is 0 Å². The second-order valence-corrected chi connectivity index (χ2v) is 5.85. The maximum Gasteiger partial charge on any atom is 0.323 e. The number of carbonyl (C=O) groups excluding carboxylic acids is 1. The molecule has 0 saturated heterocycles. The third kappa shape index (κ3) is 1.57. The average Bonchev–Trinajstić information content (AvgIpc) is 2.85. The molecular weight excluding hydrogens is 252 g/mol. The summed E-state index contributed by atoms with van der Waals surface area (Å²) in [7, 11) is 1.74. The van der Waals surface area contributed by atoms with Crippen LogP contribution in [-0.2, 0) is 10.8 Å². The van der Waals surface area contributed by atoms with Crippen LogP contribution in [0.15, 0.2) is 42.5 Å². The van der Waals surface area contributed by atoms with Gasteiger partial charge in [0.25, 0.3) is 7.11 Å². The van der Waals surface area contributed by atoms with E-state index < -0.39 is 0 Å². The normalized spacial score (nSPS) is 16.4. The fourth-order valence-electron chi connectivity index (χ4n) is 2.75. The van der Waals surface area contributed by atoms with E-state index in [2.05, 4.69) is 48.6 Å². The predicted octanol–water partition coefficient (Wildman–Crippen LogP) is 4.36. The molecule has 0 spiro atoms. The minimum atomic E-state index is 0.895. The van der Waals surface area contributed by atoms with Crippen molar-refractivity contribution in [3.05, 3.63) is 53.6 Å². The zero-order chi connectivity index (χ0) is 12.8. The number of ketones is 1. The summed E-state index contributed by atoms with van der Waals surface area (Å²) in [5.41, 5.74) is 2.72. The number of hydrogen-bond acceptors (Lipinski definition) is 1. The highest BCUT2D eigenvalue weighted by Gasteiger charge is 2.19. The minimum Gasteiger partial charge on any atom is -0.262 e. The zero-order valence-corrected chi connectivity index (χ0v) is 11.5. The van der Waals surface area contributed by atoms with Gasteiger partial charge in [-0.15, -0.1) is 11.3 Å². The van der Waals surface area contributed by atoms with E-state index >= 15 is 0 Å². The van der Waals surface area contributed by atoms with Gasteiger partial charge in [0.2, 0.25) is 0 Å². The highest BCUT2D eigenvalue weighted by atomic mass is 32.1. The van der Waals surface area contributed by atoms with E-state index in [1.807, 2.05) is 11.3 Å². The van der Waals surface area contributed by atoms with E-state index in [0.29, 0.717) is 0 Å². The fourth-order valence-corrected chi connectivity index (χ4v) is 4.00. The molecule has 0 fully saturated rings. The minimum absolute atomic E-state index is 0.895. The number of thiophene rings is 1. The molecule has 1 aromatic heterocycles. The van der Waals surface area contributed by atoms with Crippen molar-refractivity contribution < 1.29 is 4.42 Å². The first-order chi connectivity index (χ1) is 9.36. The van der Waals surface area contributed by atoms with Gasteiger partial charge in [0.05, 0.1) is 6.42 Å². The third-order valence-electron chi connectivity index (χ3n) is 3.74. The number of allylic oxidation sites excluding steroid dienone is 1. The van der Waals surface area contributed by atoms with Gasteiger partial charge in [-0.3, -0.25) is 4.42 Å². The van der Waals surface area contributed by atoms with Crippen molar-refractivity contribution in [1.82, 2.24) is 0 Å². The van der Waals surface area contributed by atoms with Crippen LogP contribution in [-0.4, -0.2) is 12.9 Å². The van der Waals surface area contributed by atoms with Crippen molar-refractivity contribution in [1.29, 1.82) is 0 Å². The van der Waals surface area contributed by atoms with E-state index in [1.54, 1.807) is 7.11 Å². The topological polar surface area (TPSA) is 11.3 Å². The summed E-state index contributed by atoms with van der Waals surface area (Å²) >= 11 is 1.88. The summed E-state index contributed by atoms with van der Waals surface area (Å²) in [6.07, 6.45) is 5.17. The third-order valence-corrected chi connectivity index (χ3v) is 4.96. The van der Waals surface area contributed by atoms with Crippen molar-refractivity contribution in [3.8, 4) is 0 Å². The van der Waals surface area contributed by atoms with Crippen LogP contribution in [0.3, 0.4) is 0 Å². The standard InChI is InChI=1S/C17H13OS/c1-18-12-7-9-13-11(10-12)6-8-15-14-4-2-3-5-16(14)19-17(13)15/h2-9H,10H2,1H3/q+1. The van der Waals surface area contributed by atoms with Crippen LogP contribution < -0.4 is 0 Å². The summed E-state index contributed by atoms with van der Waals surface area (Å²) in [4.78, 5) is 0. The molecule has 0 unspecified atom stereocenters. The van der Waals surface area contributed by atoms with Crippen LogP contribution in [0.1, 0.15) is 11.1 Å². The predicted molar refractivity (Wildman–Crippen MR) is 83.0 cm³/mol. The van der Waals surface area contributed by atoms with E-state index in [0.717, 1.165) is 12.2 Å². The van der Waals surface area contributed by atoms with Gasteiger partial charge >= 0.3 is 5.78 Å². The molecule has 0 aliphatic heterocycles. The van der Waals surface area contributed by atoms with Gasteiger partial charge in [-0.1, -0.05) is 30.3 Å². The quantitative estimate of drug-likeness (QED) is 0.535. The molecule has 1 aliphatic rings. The molecule has 92 valence electrons.